The van der Waals surface area contributed by atoms with Crippen molar-refractivity contribution in [3.63, 3.8) is 0 Å². The fraction of sp³-hybridized carbons (Fsp3) is 0.667. The molecular weight excluding hydrogens is 302 g/mol. The molecule has 0 saturated carbocycles. The molecule has 110 valence electrons. The quantitative estimate of drug-likeness (QED) is 0.875. The van der Waals surface area contributed by atoms with Gasteiger partial charge in [0, 0.05) is 6.20 Å². The normalized spacial score (nSPS) is 17.2. The summed E-state index contributed by atoms with van der Waals surface area (Å²) in [6.45, 7) is 1.73. The zero-order valence-electron chi connectivity index (χ0n) is 9.92. The predicted molar refractivity (Wildman–Crippen MR) is 69.2 cm³/mol. The second-order valence-corrected chi connectivity index (χ2v) is 5.75. The molecule has 0 aliphatic carbocycles. The zero-order valence-corrected chi connectivity index (χ0v) is 11.6. The molecular formula is C9H15ClF2N4O2S. The summed E-state index contributed by atoms with van der Waals surface area (Å²) in [5, 5.41) is 7.19. The zero-order chi connectivity index (χ0) is 13.2. The Hall–Kier alpha value is -0.930. The van der Waals surface area contributed by atoms with Gasteiger partial charge in [-0.1, -0.05) is 0 Å². The number of alkyl halides is 2. The molecule has 19 heavy (non-hydrogen) atoms. The Balaban J connectivity index is 0.00000180. The van der Waals surface area contributed by atoms with Crippen LogP contribution in [0.25, 0.3) is 0 Å². The third-order valence-electron chi connectivity index (χ3n) is 2.78. The van der Waals surface area contributed by atoms with E-state index in [1.165, 1.54) is 12.4 Å². The minimum Gasteiger partial charge on any atom is -0.317 e. The first-order valence-corrected chi connectivity index (χ1v) is 7.08. The number of anilines is 1. The summed E-state index contributed by atoms with van der Waals surface area (Å²) in [6.07, 6.45) is 4.43. The summed E-state index contributed by atoms with van der Waals surface area (Å²) in [4.78, 5) is 0. The monoisotopic (exact) mass is 316 g/mol. The summed E-state index contributed by atoms with van der Waals surface area (Å²) < 4.78 is 49.7. The Bertz CT molecular complexity index is 502. The molecule has 2 rings (SSSR count). The third-order valence-corrected chi connectivity index (χ3v) is 3.77. The van der Waals surface area contributed by atoms with Crippen molar-refractivity contribution in [2.75, 3.05) is 17.8 Å². The highest BCUT2D eigenvalue weighted by Gasteiger charge is 2.24. The molecule has 0 radical (unpaired) electrons. The number of hydrogen-bond donors (Lipinski definition) is 2. The Kier molecular flexibility index (Phi) is 5.50. The van der Waals surface area contributed by atoms with Crippen LogP contribution in [0.3, 0.4) is 0 Å². The lowest BCUT2D eigenvalue weighted by Gasteiger charge is -2.22. The van der Waals surface area contributed by atoms with E-state index in [1.54, 1.807) is 9.40 Å². The second kappa shape index (κ2) is 6.49. The first-order valence-electron chi connectivity index (χ1n) is 5.54. The topological polar surface area (TPSA) is 76.0 Å². The van der Waals surface area contributed by atoms with E-state index in [4.69, 9.17) is 0 Å². The number of hydrogen-bond acceptors (Lipinski definition) is 4. The maximum atomic E-state index is 12.2. The summed E-state index contributed by atoms with van der Waals surface area (Å²) in [5.74, 6) is -3.44. The standard InChI is InChI=1S/C9H14F2N4O2S.ClH/c10-9(11)18(16,17)14-7-5-13-15(6-7)8-1-3-12-4-2-8;/h5-6,8-9,12,14H,1-4H2;1H. The van der Waals surface area contributed by atoms with Gasteiger partial charge in [-0.05, 0) is 25.9 Å². The lowest BCUT2D eigenvalue weighted by molar-refractivity contribution is 0.236. The van der Waals surface area contributed by atoms with Crippen molar-refractivity contribution in [3.05, 3.63) is 12.4 Å². The summed E-state index contributed by atoms with van der Waals surface area (Å²) >= 11 is 0. The number of halogens is 3. The van der Waals surface area contributed by atoms with Crippen molar-refractivity contribution in [2.24, 2.45) is 0 Å². The van der Waals surface area contributed by atoms with Crippen LogP contribution < -0.4 is 10.0 Å². The lowest BCUT2D eigenvalue weighted by atomic mass is 10.1. The number of nitrogens with zero attached hydrogens (tertiary/aromatic N) is 2. The van der Waals surface area contributed by atoms with Crippen molar-refractivity contribution in [1.82, 2.24) is 15.1 Å². The van der Waals surface area contributed by atoms with Gasteiger partial charge in [0.25, 0.3) is 10.0 Å². The van der Waals surface area contributed by atoms with Crippen LogP contribution in [0.15, 0.2) is 12.4 Å². The molecule has 2 N–H and O–H groups in total. The number of aromatic nitrogens is 2. The van der Waals surface area contributed by atoms with Crippen molar-refractivity contribution < 1.29 is 17.2 Å². The number of rotatable bonds is 4. The van der Waals surface area contributed by atoms with E-state index in [1.807, 2.05) is 0 Å². The molecule has 0 unspecified atom stereocenters. The minimum absolute atomic E-state index is 0. The second-order valence-electron chi connectivity index (χ2n) is 4.10. The molecule has 0 amide bonds. The highest BCUT2D eigenvalue weighted by molar-refractivity contribution is 7.93. The summed E-state index contributed by atoms with van der Waals surface area (Å²) in [5.41, 5.74) is 0.0637. The van der Waals surface area contributed by atoms with Crippen molar-refractivity contribution in [2.45, 2.75) is 24.6 Å². The number of sulfonamides is 1. The van der Waals surface area contributed by atoms with Gasteiger partial charge in [0.2, 0.25) is 0 Å². The van der Waals surface area contributed by atoms with Gasteiger partial charge in [0.05, 0.1) is 17.9 Å². The molecule has 0 spiro atoms. The Morgan fingerprint density at radius 2 is 2.05 bits per heavy atom. The minimum atomic E-state index is -4.62. The van der Waals surface area contributed by atoms with E-state index in [9.17, 15) is 17.2 Å². The van der Waals surface area contributed by atoms with Gasteiger partial charge in [0.15, 0.2) is 0 Å². The molecule has 6 nitrogen and oxygen atoms in total. The van der Waals surface area contributed by atoms with Gasteiger partial charge in [-0.25, -0.2) is 8.42 Å². The molecule has 1 fully saturated rings. The Morgan fingerprint density at radius 1 is 1.42 bits per heavy atom. The van der Waals surface area contributed by atoms with Crippen LogP contribution in [0.5, 0.6) is 0 Å². The van der Waals surface area contributed by atoms with Crippen molar-refractivity contribution in [1.29, 1.82) is 0 Å². The molecule has 0 bridgehead atoms. The molecule has 1 aliphatic heterocycles. The highest BCUT2D eigenvalue weighted by Crippen LogP contribution is 2.20. The molecule has 2 heterocycles. The van der Waals surface area contributed by atoms with Gasteiger partial charge in [-0.15, -0.1) is 12.4 Å². The van der Waals surface area contributed by atoms with Crippen LogP contribution in [-0.4, -0.2) is 37.0 Å². The van der Waals surface area contributed by atoms with Crippen LogP contribution >= 0.6 is 12.4 Å². The first-order chi connectivity index (χ1) is 8.49. The average molecular weight is 317 g/mol. The lowest BCUT2D eigenvalue weighted by Crippen LogP contribution is -2.29. The number of nitrogens with one attached hydrogen (secondary N) is 2. The fourth-order valence-electron chi connectivity index (χ4n) is 1.87. The molecule has 1 aliphatic rings. The average Bonchev–Trinajstić information content (AvgIpc) is 2.78. The molecule has 10 heteroatoms. The van der Waals surface area contributed by atoms with Gasteiger partial charge in [-0.2, -0.15) is 13.9 Å². The number of piperidine rings is 1. The first kappa shape index (κ1) is 16.1. The largest absolute Gasteiger partial charge is 0.355 e. The maximum Gasteiger partial charge on any atom is 0.355 e. The molecule has 0 aromatic carbocycles. The SMILES string of the molecule is Cl.O=S(=O)(Nc1cnn(C2CCNCC2)c1)C(F)F. The summed E-state index contributed by atoms with van der Waals surface area (Å²) in [7, 11) is -4.62. The van der Waals surface area contributed by atoms with Crippen LogP contribution in [0, 0.1) is 0 Å². The van der Waals surface area contributed by atoms with Crippen LogP contribution in [0.2, 0.25) is 0 Å². The molecule has 0 atom stereocenters. The summed E-state index contributed by atoms with van der Waals surface area (Å²) in [6, 6.07) is 0.177. The van der Waals surface area contributed by atoms with Crippen molar-refractivity contribution >= 4 is 28.1 Å². The van der Waals surface area contributed by atoms with E-state index in [2.05, 4.69) is 10.4 Å². The third kappa shape index (κ3) is 4.02. The van der Waals surface area contributed by atoms with Crippen molar-refractivity contribution in [3.8, 4) is 0 Å². The predicted octanol–water partition coefficient (Wildman–Crippen LogP) is 1.19. The van der Waals surface area contributed by atoms with E-state index in [0.717, 1.165) is 25.9 Å². The van der Waals surface area contributed by atoms with E-state index < -0.39 is 15.8 Å². The smallest absolute Gasteiger partial charge is 0.317 e. The van der Waals surface area contributed by atoms with E-state index in [-0.39, 0.29) is 24.1 Å². The Morgan fingerprint density at radius 3 is 2.63 bits per heavy atom. The van der Waals surface area contributed by atoms with Crippen LogP contribution in [-0.2, 0) is 10.0 Å². The molecule has 1 aromatic heterocycles. The molecule has 1 saturated heterocycles. The van der Waals surface area contributed by atoms with Crippen LogP contribution in [0.1, 0.15) is 18.9 Å². The van der Waals surface area contributed by atoms with E-state index in [0.29, 0.717) is 0 Å². The maximum absolute atomic E-state index is 12.2. The van der Waals surface area contributed by atoms with Gasteiger partial charge >= 0.3 is 5.76 Å². The fourth-order valence-corrected chi connectivity index (χ4v) is 2.39. The van der Waals surface area contributed by atoms with Gasteiger partial charge in [-0.3, -0.25) is 9.40 Å². The highest BCUT2D eigenvalue weighted by atomic mass is 35.5. The van der Waals surface area contributed by atoms with Crippen LogP contribution in [0.4, 0.5) is 14.5 Å². The van der Waals surface area contributed by atoms with Gasteiger partial charge in [0.1, 0.15) is 0 Å². The Labute approximate surface area is 116 Å². The molecule has 1 aromatic rings. The van der Waals surface area contributed by atoms with Gasteiger partial charge < -0.3 is 5.32 Å². The van der Waals surface area contributed by atoms with E-state index >= 15 is 0 Å².